The van der Waals surface area contributed by atoms with Crippen molar-refractivity contribution in [2.45, 2.75) is 0 Å². The third-order valence-electron chi connectivity index (χ3n) is 2.46. The molecule has 0 spiro atoms. The van der Waals surface area contributed by atoms with Gasteiger partial charge in [0.05, 0.1) is 21.4 Å². The zero-order chi connectivity index (χ0) is 16.4. The van der Waals surface area contributed by atoms with Crippen molar-refractivity contribution in [3.8, 4) is 0 Å². The number of hydrogen-bond acceptors (Lipinski definition) is 3. The minimum Gasteiger partial charge on any atom is -0.350 e. The van der Waals surface area contributed by atoms with E-state index in [2.05, 4.69) is 10.4 Å². The molecule has 1 heterocycles. The van der Waals surface area contributed by atoms with Gasteiger partial charge in [0.25, 0.3) is 0 Å². The monoisotopic (exact) mass is 398 g/mol. The van der Waals surface area contributed by atoms with Crippen molar-refractivity contribution in [2.75, 3.05) is 10.4 Å². The predicted octanol–water partition coefficient (Wildman–Crippen LogP) is 5.26. The fourth-order valence-corrected chi connectivity index (χ4v) is 2.94. The van der Waals surface area contributed by atoms with Gasteiger partial charge in [-0.2, -0.15) is 0 Å². The topological polar surface area (TPSA) is 71.2 Å². The average molecular weight is 400 g/mol. The first-order chi connectivity index (χ1) is 10.3. The number of carbonyl (C=O) groups is 1. The van der Waals surface area contributed by atoms with Crippen molar-refractivity contribution in [3.05, 3.63) is 49.6 Å². The molecule has 0 saturated heterocycles. The molecule has 0 atom stereocenters. The lowest BCUT2D eigenvalue weighted by atomic mass is 10.3. The Bertz CT molecular complexity index is 696. The molecule has 3 N–H and O–H groups in total. The van der Waals surface area contributed by atoms with Crippen molar-refractivity contribution >= 4 is 75.4 Å². The van der Waals surface area contributed by atoms with Crippen LogP contribution in [0.1, 0.15) is 0 Å². The largest absolute Gasteiger partial charge is 0.350 e. The molecule has 22 heavy (non-hydrogen) atoms. The summed E-state index contributed by atoms with van der Waals surface area (Å²) in [6, 6.07) is 4.87. The molecule has 5 nitrogen and oxygen atoms in total. The van der Waals surface area contributed by atoms with Crippen LogP contribution < -0.4 is 16.2 Å². The first kappa shape index (κ1) is 17.2. The third-order valence-corrected chi connectivity index (χ3v) is 3.66. The molecule has 0 aliphatic rings. The van der Waals surface area contributed by atoms with Crippen LogP contribution in [0, 0.1) is 0 Å². The minimum absolute atomic E-state index is 0.0869. The Kier molecular flexibility index (Phi) is 5.47. The van der Waals surface area contributed by atoms with Crippen LogP contribution in [-0.4, -0.2) is 11.0 Å². The molecule has 116 valence electrons. The summed E-state index contributed by atoms with van der Waals surface area (Å²) >= 11 is 29.6. The van der Waals surface area contributed by atoms with Gasteiger partial charge in [0.2, 0.25) is 0 Å². The molecule has 0 aliphatic heterocycles. The molecule has 0 bridgehead atoms. The number of pyridine rings is 1. The van der Waals surface area contributed by atoms with E-state index in [4.69, 9.17) is 63.7 Å². The van der Waals surface area contributed by atoms with Crippen LogP contribution in [0.5, 0.6) is 0 Å². The minimum atomic E-state index is -0.833. The molecule has 0 saturated carbocycles. The van der Waals surface area contributed by atoms with E-state index in [1.807, 2.05) is 0 Å². The van der Waals surface area contributed by atoms with Crippen LogP contribution in [0.3, 0.4) is 0 Å². The number of primary amides is 1. The molecule has 2 aromatic rings. The summed E-state index contributed by atoms with van der Waals surface area (Å²) in [6.45, 7) is 0. The van der Waals surface area contributed by atoms with Crippen LogP contribution in [0.2, 0.25) is 25.4 Å². The quantitative estimate of drug-likeness (QED) is 0.545. The normalized spacial score (nSPS) is 10.4. The average Bonchev–Trinajstić information content (AvgIpc) is 2.35. The second-order valence-electron chi connectivity index (χ2n) is 4.00. The van der Waals surface area contributed by atoms with Crippen molar-refractivity contribution in [1.82, 2.24) is 4.98 Å². The van der Waals surface area contributed by atoms with Crippen molar-refractivity contribution in [1.29, 1.82) is 0 Å². The standard InChI is InChI=1S/C12H7Cl5N4O/c13-5-1-7(14)11(8(15)2-5)20-21(12(18)22)6-3-9(16)19-10(17)4-6/h1-4,20H,(H2,18,22). The molecule has 2 rings (SSSR count). The molecule has 1 aromatic heterocycles. The molecular weight excluding hydrogens is 393 g/mol. The summed E-state index contributed by atoms with van der Waals surface area (Å²) in [7, 11) is 0. The zero-order valence-electron chi connectivity index (χ0n) is 10.6. The number of aromatic nitrogens is 1. The SMILES string of the molecule is NC(=O)N(Nc1c(Cl)cc(Cl)cc1Cl)c1cc(Cl)nc(Cl)c1. The summed E-state index contributed by atoms with van der Waals surface area (Å²) in [4.78, 5) is 15.5. The number of hydrogen-bond donors (Lipinski definition) is 2. The number of nitrogens with zero attached hydrogens (tertiary/aromatic N) is 2. The van der Waals surface area contributed by atoms with Crippen LogP contribution in [-0.2, 0) is 0 Å². The lowest BCUT2D eigenvalue weighted by Crippen LogP contribution is -2.40. The first-order valence-corrected chi connectivity index (χ1v) is 7.50. The second-order valence-corrected chi connectivity index (χ2v) is 6.03. The predicted molar refractivity (Wildman–Crippen MR) is 91.4 cm³/mol. The van der Waals surface area contributed by atoms with E-state index >= 15 is 0 Å². The number of hydrazine groups is 1. The first-order valence-electron chi connectivity index (χ1n) is 5.62. The van der Waals surface area contributed by atoms with Gasteiger partial charge in [-0.05, 0) is 12.1 Å². The Morgan fingerprint density at radius 1 is 1.00 bits per heavy atom. The summed E-state index contributed by atoms with van der Waals surface area (Å²) in [5.41, 5.74) is 8.57. The van der Waals surface area contributed by atoms with E-state index in [1.54, 1.807) is 0 Å². The van der Waals surface area contributed by atoms with E-state index in [0.717, 1.165) is 5.01 Å². The Balaban J connectivity index is 2.44. The van der Waals surface area contributed by atoms with Gasteiger partial charge < -0.3 is 5.73 Å². The Labute approximate surface area is 150 Å². The number of halogens is 5. The van der Waals surface area contributed by atoms with E-state index in [1.165, 1.54) is 24.3 Å². The fraction of sp³-hybridized carbons (Fsp3) is 0. The maximum Gasteiger partial charge on any atom is 0.338 e. The summed E-state index contributed by atoms with van der Waals surface area (Å²) < 4.78 is 0. The van der Waals surface area contributed by atoms with Crippen molar-refractivity contribution in [3.63, 3.8) is 0 Å². The molecule has 0 unspecified atom stereocenters. The van der Waals surface area contributed by atoms with E-state index < -0.39 is 6.03 Å². The molecule has 0 aliphatic carbocycles. The highest BCUT2D eigenvalue weighted by atomic mass is 35.5. The number of rotatable bonds is 3. The summed E-state index contributed by atoms with van der Waals surface area (Å²) in [6.07, 6.45) is 0. The van der Waals surface area contributed by atoms with Crippen LogP contribution in [0.15, 0.2) is 24.3 Å². The highest BCUT2D eigenvalue weighted by Gasteiger charge is 2.18. The highest BCUT2D eigenvalue weighted by molar-refractivity contribution is 6.42. The molecule has 0 fully saturated rings. The Morgan fingerprint density at radius 3 is 1.95 bits per heavy atom. The second kappa shape index (κ2) is 6.98. The molecule has 1 aromatic carbocycles. The smallest absolute Gasteiger partial charge is 0.338 e. The van der Waals surface area contributed by atoms with Gasteiger partial charge in [0, 0.05) is 17.2 Å². The zero-order valence-corrected chi connectivity index (χ0v) is 14.4. The van der Waals surface area contributed by atoms with E-state index in [0.29, 0.717) is 5.02 Å². The van der Waals surface area contributed by atoms with Crippen LogP contribution in [0.25, 0.3) is 0 Å². The van der Waals surface area contributed by atoms with Gasteiger partial charge in [-0.15, -0.1) is 0 Å². The Morgan fingerprint density at radius 2 is 1.50 bits per heavy atom. The third kappa shape index (κ3) is 4.00. The Hall–Kier alpha value is -1.11. The number of nitrogens with one attached hydrogen (secondary N) is 1. The van der Waals surface area contributed by atoms with Crippen LogP contribution in [0.4, 0.5) is 16.2 Å². The van der Waals surface area contributed by atoms with Gasteiger partial charge in [0.1, 0.15) is 10.3 Å². The van der Waals surface area contributed by atoms with Gasteiger partial charge in [-0.25, -0.2) is 14.8 Å². The lowest BCUT2D eigenvalue weighted by Gasteiger charge is -2.24. The van der Waals surface area contributed by atoms with Crippen molar-refractivity contribution in [2.24, 2.45) is 5.73 Å². The number of anilines is 2. The molecule has 0 radical (unpaired) electrons. The fourth-order valence-electron chi connectivity index (χ4n) is 1.59. The maximum atomic E-state index is 11.7. The highest BCUT2D eigenvalue weighted by Crippen LogP contribution is 2.35. The summed E-state index contributed by atoms with van der Waals surface area (Å²) in [5.74, 6) is 0. The van der Waals surface area contributed by atoms with Gasteiger partial charge in [-0.3, -0.25) is 5.43 Å². The van der Waals surface area contributed by atoms with E-state index in [-0.39, 0.29) is 31.7 Å². The van der Waals surface area contributed by atoms with Gasteiger partial charge in [0.15, 0.2) is 0 Å². The van der Waals surface area contributed by atoms with Crippen molar-refractivity contribution < 1.29 is 4.79 Å². The number of benzene rings is 1. The molecule has 10 heteroatoms. The molecule has 2 amide bonds. The van der Waals surface area contributed by atoms with Crippen LogP contribution >= 0.6 is 58.0 Å². The van der Waals surface area contributed by atoms with Gasteiger partial charge >= 0.3 is 6.03 Å². The number of amides is 2. The number of urea groups is 1. The molecular formula is C12H7Cl5N4O. The lowest BCUT2D eigenvalue weighted by molar-refractivity contribution is 0.255. The van der Waals surface area contributed by atoms with E-state index in [9.17, 15) is 4.79 Å². The number of nitrogens with two attached hydrogens (primary N) is 1. The number of carbonyl (C=O) groups excluding carboxylic acids is 1. The van der Waals surface area contributed by atoms with Gasteiger partial charge in [-0.1, -0.05) is 58.0 Å². The summed E-state index contributed by atoms with van der Waals surface area (Å²) in [5, 5.41) is 1.90. The maximum absolute atomic E-state index is 11.7.